The quantitative estimate of drug-likeness (QED) is 0.646. The third-order valence-electron chi connectivity index (χ3n) is 3.62. The van der Waals surface area contributed by atoms with Gasteiger partial charge in [0.2, 0.25) is 0 Å². The molecule has 1 fully saturated rings. The highest BCUT2D eigenvalue weighted by Crippen LogP contribution is 2.15. The van der Waals surface area contributed by atoms with E-state index >= 15 is 0 Å². The molecule has 6 heteroatoms. The number of aliphatic carboxylic acids is 1. The van der Waals surface area contributed by atoms with Crippen molar-refractivity contribution in [1.29, 1.82) is 0 Å². The Morgan fingerprint density at radius 2 is 2.16 bits per heavy atom. The van der Waals surface area contributed by atoms with Crippen molar-refractivity contribution in [3.8, 4) is 0 Å². The van der Waals surface area contributed by atoms with Crippen LogP contribution in [-0.2, 0) is 4.79 Å². The molecular formula is C13H24N2O4. The molecule has 1 rings (SSSR count). The number of rotatable bonds is 7. The summed E-state index contributed by atoms with van der Waals surface area (Å²) in [5.41, 5.74) is 0. The van der Waals surface area contributed by atoms with Crippen molar-refractivity contribution < 1.29 is 19.8 Å². The van der Waals surface area contributed by atoms with Gasteiger partial charge in [0.15, 0.2) is 0 Å². The summed E-state index contributed by atoms with van der Waals surface area (Å²) in [7, 11) is 0. The van der Waals surface area contributed by atoms with Crippen LogP contribution in [0.5, 0.6) is 0 Å². The third-order valence-corrected chi connectivity index (χ3v) is 3.62. The Labute approximate surface area is 113 Å². The van der Waals surface area contributed by atoms with Crippen LogP contribution >= 0.6 is 0 Å². The molecular weight excluding hydrogens is 248 g/mol. The number of carbonyl (C=O) groups is 2. The Hall–Kier alpha value is -1.30. The van der Waals surface area contributed by atoms with Gasteiger partial charge in [0.05, 0.1) is 6.10 Å². The van der Waals surface area contributed by atoms with Crippen LogP contribution in [0.3, 0.4) is 0 Å². The molecule has 2 atom stereocenters. The average molecular weight is 272 g/mol. The molecule has 1 saturated heterocycles. The van der Waals surface area contributed by atoms with Gasteiger partial charge in [-0.1, -0.05) is 13.3 Å². The van der Waals surface area contributed by atoms with Crippen LogP contribution < -0.4 is 5.32 Å². The second kappa shape index (κ2) is 7.99. The van der Waals surface area contributed by atoms with E-state index in [9.17, 15) is 14.7 Å². The Morgan fingerprint density at radius 1 is 1.42 bits per heavy atom. The highest BCUT2D eigenvalue weighted by Gasteiger charge is 2.24. The van der Waals surface area contributed by atoms with Gasteiger partial charge in [-0.05, 0) is 25.2 Å². The summed E-state index contributed by atoms with van der Waals surface area (Å²) in [6.07, 6.45) is 2.81. The number of β-amino-alcohol motifs (C(OH)–C–C–N with tert-alkyl or cyclic N) is 1. The SMILES string of the molecule is CCC(CCNC(=O)N1CCC(O)C1)CCC(=O)O. The van der Waals surface area contributed by atoms with E-state index in [4.69, 9.17) is 5.11 Å². The zero-order valence-electron chi connectivity index (χ0n) is 11.5. The summed E-state index contributed by atoms with van der Waals surface area (Å²) >= 11 is 0. The van der Waals surface area contributed by atoms with Gasteiger partial charge in [0.1, 0.15) is 0 Å². The number of urea groups is 1. The maximum absolute atomic E-state index is 11.7. The van der Waals surface area contributed by atoms with Crippen molar-refractivity contribution in [2.75, 3.05) is 19.6 Å². The molecule has 0 bridgehead atoms. The number of aliphatic hydroxyl groups excluding tert-OH is 1. The zero-order chi connectivity index (χ0) is 14.3. The van der Waals surface area contributed by atoms with E-state index in [1.807, 2.05) is 6.92 Å². The predicted octanol–water partition coefficient (Wildman–Crippen LogP) is 1.04. The number of carboxylic acids is 1. The lowest BCUT2D eigenvalue weighted by molar-refractivity contribution is -0.137. The second-order valence-corrected chi connectivity index (χ2v) is 5.12. The number of nitrogens with one attached hydrogen (secondary N) is 1. The summed E-state index contributed by atoms with van der Waals surface area (Å²) < 4.78 is 0. The van der Waals surface area contributed by atoms with Crippen LogP contribution in [-0.4, -0.2) is 52.9 Å². The minimum atomic E-state index is -0.770. The Kier molecular flexibility index (Phi) is 6.62. The van der Waals surface area contributed by atoms with Crippen LogP contribution in [0.1, 0.15) is 39.0 Å². The lowest BCUT2D eigenvalue weighted by Gasteiger charge is -2.18. The monoisotopic (exact) mass is 272 g/mol. The molecule has 19 heavy (non-hydrogen) atoms. The van der Waals surface area contributed by atoms with Gasteiger partial charge >= 0.3 is 12.0 Å². The largest absolute Gasteiger partial charge is 0.481 e. The van der Waals surface area contributed by atoms with Gasteiger partial charge in [0.25, 0.3) is 0 Å². The number of nitrogens with zero attached hydrogens (tertiary/aromatic N) is 1. The Bertz CT molecular complexity index is 309. The fourth-order valence-corrected chi connectivity index (χ4v) is 2.30. The molecule has 2 unspecified atom stereocenters. The van der Waals surface area contributed by atoms with Gasteiger partial charge in [-0.25, -0.2) is 4.79 Å². The smallest absolute Gasteiger partial charge is 0.317 e. The van der Waals surface area contributed by atoms with Gasteiger partial charge in [0, 0.05) is 26.1 Å². The van der Waals surface area contributed by atoms with Crippen molar-refractivity contribution in [2.24, 2.45) is 5.92 Å². The van der Waals surface area contributed by atoms with Crippen molar-refractivity contribution in [3.05, 3.63) is 0 Å². The summed E-state index contributed by atoms with van der Waals surface area (Å²) in [6.45, 7) is 3.60. The molecule has 0 aliphatic carbocycles. The number of carboxylic acid groups (broad SMARTS) is 1. The van der Waals surface area contributed by atoms with Crippen molar-refractivity contribution >= 4 is 12.0 Å². The maximum Gasteiger partial charge on any atom is 0.317 e. The molecule has 0 saturated carbocycles. The van der Waals surface area contributed by atoms with Crippen LogP contribution in [0.4, 0.5) is 4.79 Å². The summed E-state index contributed by atoms with van der Waals surface area (Å²) in [4.78, 5) is 23.9. The fraction of sp³-hybridized carbons (Fsp3) is 0.846. The molecule has 0 spiro atoms. The first-order chi connectivity index (χ1) is 9.02. The van der Waals surface area contributed by atoms with Gasteiger partial charge in [-0.2, -0.15) is 0 Å². The first kappa shape index (κ1) is 15.8. The molecule has 0 aromatic heterocycles. The normalized spacial score (nSPS) is 20.3. The van der Waals surface area contributed by atoms with E-state index in [-0.39, 0.29) is 12.5 Å². The molecule has 1 aliphatic rings. The second-order valence-electron chi connectivity index (χ2n) is 5.12. The topological polar surface area (TPSA) is 89.9 Å². The van der Waals surface area contributed by atoms with E-state index in [1.165, 1.54) is 0 Å². The van der Waals surface area contributed by atoms with Crippen LogP contribution in [0.25, 0.3) is 0 Å². The fourth-order valence-electron chi connectivity index (χ4n) is 2.30. The lowest BCUT2D eigenvalue weighted by atomic mass is 9.97. The Balaban J connectivity index is 2.17. The lowest BCUT2D eigenvalue weighted by Crippen LogP contribution is -2.39. The number of amides is 2. The highest BCUT2D eigenvalue weighted by atomic mass is 16.4. The van der Waals surface area contributed by atoms with Crippen molar-refractivity contribution in [1.82, 2.24) is 10.2 Å². The molecule has 3 N–H and O–H groups in total. The number of carbonyl (C=O) groups excluding carboxylic acids is 1. The summed E-state index contributed by atoms with van der Waals surface area (Å²) in [5.74, 6) is -0.436. The highest BCUT2D eigenvalue weighted by molar-refractivity contribution is 5.74. The number of hydrogen-bond donors (Lipinski definition) is 3. The average Bonchev–Trinajstić information content (AvgIpc) is 2.79. The predicted molar refractivity (Wildman–Crippen MR) is 70.9 cm³/mol. The molecule has 2 amide bonds. The first-order valence-electron chi connectivity index (χ1n) is 6.95. The molecule has 0 aromatic rings. The van der Waals surface area contributed by atoms with E-state index in [0.717, 1.165) is 12.8 Å². The number of likely N-dealkylation sites (tertiary alicyclic amines) is 1. The van der Waals surface area contributed by atoms with Crippen LogP contribution in [0.15, 0.2) is 0 Å². The van der Waals surface area contributed by atoms with Gasteiger partial charge in [-0.15, -0.1) is 0 Å². The number of aliphatic hydroxyl groups is 1. The van der Waals surface area contributed by atoms with E-state index < -0.39 is 12.1 Å². The number of hydrogen-bond acceptors (Lipinski definition) is 3. The third kappa shape index (κ3) is 5.92. The molecule has 0 radical (unpaired) electrons. The minimum absolute atomic E-state index is 0.135. The molecule has 1 heterocycles. The summed E-state index contributed by atoms with van der Waals surface area (Å²) in [5, 5.41) is 20.8. The van der Waals surface area contributed by atoms with Crippen molar-refractivity contribution in [2.45, 2.75) is 45.1 Å². The Morgan fingerprint density at radius 3 is 2.68 bits per heavy atom. The van der Waals surface area contributed by atoms with E-state index in [0.29, 0.717) is 38.4 Å². The van der Waals surface area contributed by atoms with Gasteiger partial charge in [-0.3, -0.25) is 4.79 Å². The zero-order valence-corrected chi connectivity index (χ0v) is 11.5. The van der Waals surface area contributed by atoms with Gasteiger partial charge < -0.3 is 20.4 Å². The first-order valence-corrected chi connectivity index (χ1v) is 6.95. The molecule has 6 nitrogen and oxygen atoms in total. The van der Waals surface area contributed by atoms with E-state index in [2.05, 4.69) is 5.32 Å². The molecule has 110 valence electrons. The standard InChI is InChI=1S/C13H24N2O4/c1-2-10(3-4-12(17)18)5-7-14-13(19)15-8-6-11(16)9-15/h10-11,16H,2-9H2,1H3,(H,14,19)(H,17,18). The van der Waals surface area contributed by atoms with Crippen LogP contribution in [0, 0.1) is 5.92 Å². The van der Waals surface area contributed by atoms with Crippen LogP contribution in [0.2, 0.25) is 0 Å². The maximum atomic E-state index is 11.7. The summed E-state index contributed by atoms with van der Waals surface area (Å²) in [6, 6.07) is -0.135. The van der Waals surface area contributed by atoms with Crippen molar-refractivity contribution in [3.63, 3.8) is 0 Å². The van der Waals surface area contributed by atoms with E-state index in [1.54, 1.807) is 4.90 Å². The minimum Gasteiger partial charge on any atom is -0.481 e. The molecule has 1 aliphatic heterocycles. The molecule has 0 aromatic carbocycles.